The molecule has 3 rings (SSSR count). The summed E-state index contributed by atoms with van der Waals surface area (Å²) in [5, 5.41) is 8.85. The van der Waals surface area contributed by atoms with Crippen LogP contribution in [0.3, 0.4) is 0 Å². The third-order valence-electron chi connectivity index (χ3n) is 4.33. The van der Waals surface area contributed by atoms with Gasteiger partial charge in [0.1, 0.15) is 0 Å². The zero-order chi connectivity index (χ0) is 18.3. The predicted octanol–water partition coefficient (Wildman–Crippen LogP) is 5.32. The monoisotopic (exact) mass is 379 g/mol. The molecule has 1 aliphatic carbocycles. The fraction of sp³-hybridized carbons (Fsp3) is 0.474. The summed E-state index contributed by atoms with van der Waals surface area (Å²) in [5.41, 5.74) is 3.22. The molecule has 0 bridgehead atoms. The minimum absolute atomic E-state index is 0.0267. The van der Waals surface area contributed by atoms with Crippen molar-refractivity contribution in [2.75, 3.05) is 0 Å². The largest absolute Gasteiger partial charge is 0.349 e. The fourth-order valence-corrected chi connectivity index (χ4v) is 3.21. The lowest BCUT2D eigenvalue weighted by Gasteiger charge is -2.14. The van der Waals surface area contributed by atoms with E-state index in [0.29, 0.717) is 21.7 Å². The number of nitrogens with one attached hydrogen (secondary N) is 1. The molecule has 1 heterocycles. The van der Waals surface area contributed by atoms with E-state index in [0.717, 1.165) is 29.9 Å². The van der Waals surface area contributed by atoms with Gasteiger partial charge in [0.05, 0.1) is 32.7 Å². The second kappa shape index (κ2) is 7.00. The van der Waals surface area contributed by atoms with Crippen LogP contribution in [0.2, 0.25) is 10.0 Å². The average Bonchev–Trinajstić information content (AvgIpc) is 3.24. The highest BCUT2D eigenvalue weighted by Crippen LogP contribution is 2.32. The van der Waals surface area contributed by atoms with Gasteiger partial charge in [0.25, 0.3) is 5.91 Å². The second-order valence-corrected chi connectivity index (χ2v) is 8.03. The maximum atomic E-state index is 12.9. The number of hydrogen-bond donors (Lipinski definition) is 1. The van der Waals surface area contributed by atoms with Crippen LogP contribution in [0.4, 0.5) is 0 Å². The van der Waals surface area contributed by atoms with E-state index in [4.69, 9.17) is 28.3 Å². The van der Waals surface area contributed by atoms with E-state index in [-0.39, 0.29) is 17.7 Å². The van der Waals surface area contributed by atoms with Gasteiger partial charge in [-0.2, -0.15) is 5.10 Å². The zero-order valence-electron chi connectivity index (χ0n) is 14.9. The molecule has 4 nitrogen and oxygen atoms in total. The Bertz CT molecular complexity index is 807. The van der Waals surface area contributed by atoms with Gasteiger partial charge in [-0.25, -0.2) is 4.68 Å². The van der Waals surface area contributed by atoms with E-state index in [1.54, 1.807) is 12.1 Å². The Hall–Kier alpha value is -1.52. The first-order chi connectivity index (χ1) is 11.8. The lowest BCUT2D eigenvalue weighted by atomic mass is 9.98. The molecule has 0 radical (unpaired) electrons. The first-order valence-electron chi connectivity index (χ1n) is 8.68. The van der Waals surface area contributed by atoms with Crippen molar-refractivity contribution in [3.05, 3.63) is 45.2 Å². The van der Waals surface area contributed by atoms with Crippen LogP contribution in [0.25, 0.3) is 5.69 Å². The van der Waals surface area contributed by atoms with Gasteiger partial charge in [0.2, 0.25) is 0 Å². The number of amides is 1. The molecule has 0 atom stereocenters. The Labute approximate surface area is 158 Å². The minimum Gasteiger partial charge on any atom is -0.349 e. The molecule has 0 unspecified atom stereocenters. The summed E-state index contributed by atoms with van der Waals surface area (Å²) in [5.74, 6) is 0.247. The molecule has 134 valence electrons. The molecule has 6 heteroatoms. The molecule has 25 heavy (non-hydrogen) atoms. The minimum atomic E-state index is -0.0267. The van der Waals surface area contributed by atoms with Crippen LogP contribution in [0.15, 0.2) is 18.2 Å². The Morgan fingerprint density at radius 3 is 2.36 bits per heavy atom. The van der Waals surface area contributed by atoms with E-state index in [1.165, 1.54) is 0 Å². The first kappa shape index (κ1) is 18.3. The van der Waals surface area contributed by atoms with Crippen molar-refractivity contribution in [3.8, 4) is 5.69 Å². The SMILES string of the molecule is CC(C)c1nn(-c2ccc(Cl)c(Cl)c2)c(C(C)C)c1C(=O)NC1CC1. The van der Waals surface area contributed by atoms with Crippen LogP contribution in [0.5, 0.6) is 0 Å². The highest BCUT2D eigenvalue weighted by atomic mass is 35.5. The van der Waals surface area contributed by atoms with Gasteiger partial charge >= 0.3 is 0 Å². The number of nitrogens with zero attached hydrogens (tertiary/aromatic N) is 2. The quantitative estimate of drug-likeness (QED) is 0.763. The number of carbonyl (C=O) groups is 1. The van der Waals surface area contributed by atoms with Crippen molar-refractivity contribution >= 4 is 29.1 Å². The fourth-order valence-electron chi connectivity index (χ4n) is 2.92. The van der Waals surface area contributed by atoms with Crippen LogP contribution in [-0.4, -0.2) is 21.7 Å². The summed E-state index contributed by atoms with van der Waals surface area (Å²) in [6.45, 7) is 8.26. The molecule has 0 aliphatic heterocycles. The second-order valence-electron chi connectivity index (χ2n) is 7.21. The molecule has 1 aromatic heterocycles. The maximum absolute atomic E-state index is 12.9. The summed E-state index contributed by atoms with van der Waals surface area (Å²) in [7, 11) is 0. The van der Waals surface area contributed by atoms with E-state index in [9.17, 15) is 4.79 Å². The number of aromatic nitrogens is 2. The van der Waals surface area contributed by atoms with Gasteiger partial charge in [0, 0.05) is 6.04 Å². The Morgan fingerprint density at radius 1 is 1.16 bits per heavy atom. The Morgan fingerprint density at radius 2 is 1.84 bits per heavy atom. The summed E-state index contributed by atoms with van der Waals surface area (Å²) in [6, 6.07) is 5.72. The van der Waals surface area contributed by atoms with Crippen molar-refractivity contribution in [1.82, 2.24) is 15.1 Å². The van der Waals surface area contributed by atoms with Crippen LogP contribution in [0.1, 0.15) is 74.1 Å². The third-order valence-corrected chi connectivity index (χ3v) is 5.07. The number of halogens is 2. The van der Waals surface area contributed by atoms with Crippen molar-refractivity contribution in [3.63, 3.8) is 0 Å². The highest BCUT2D eigenvalue weighted by molar-refractivity contribution is 6.42. The molecule has 1 fully saturated rings. The van der Waals surface area contributed by atoms with Gasteiger partial charge in [-0.1, -0.05) is 50.9 Å². The van der Waals surface area contributed by atoms with Crippen molar-refractivity contribution in [2.24, 2.45) is 0 Å². The molecule has 1 saturated carbocycles. The van der Waals surface area contributed by atoms with E-state index in [2.05, 4.69) is 33.0 Å². The number of carbonyl (C=O) groups excluding carboxylic acids is 1. The number of benzene rings is 1. The Kier molecular flexibility index (Phi) is 5.12. The molecule has 1 aromatic carbocycles. The van der Waals surface area contributed by atoms with Crippen LogP contribution >= 0.6 is 23.2 Å². The van der Waals surface area contributed by atoms with E-state index >= 15 is 0 Å². The molecule has 2 aromatic rings. The van der Waals surface area contributed by atoms with Gasteiger partial charge in [0.15, 0.2) is 0 Å². The van der Waals surface area contributed by atoms with Gasteiger partial charge in [-0.3, -0.25) is 4.79 Å². The van der Waals surface area contributed by atoms with Crippen molar-refractivity contribution in [1.29, 1.82) is 0 Å². The van der Waals surface area contributed by atoms with Crippen molar-refractivity contribution < 1.29 is 4.79 Å². The van der Waals surface area contributed by atoms with Gasteiger partial charge in [-0.05, 0) is 42.9 Å². The summed E-state index contributed by atoms with van der Waals surface area (Å²) >= 11 is 12.2. The van der Waals surface area contributed by atoms with Crippen molar-refractivity contribution in [2.45, 2.75) is 58.4 Å². The molecule has 0 spiro atoms. The summed E-state index contributed by atoms with van der Waals surface area (Å²) in [6.07, 6.45) is 2.11. The van der Waals surface area contributed by atoms with Crippen LogP contribution in [0, 0.1) is 0 Å². The Balaban J connectivity index is 2.17. The summed E-state index contributed by atoms with van der Waals surface area (Å²) in [4.78, 5) is 12.9. The molecule has 1 N–H and O–H groups in total. The topological polar surface area (TPSA) is 46.9 Å². The number of rotatable bonds is 5. The van der Waals surface area contributed by atoms with Gasteiger partial charge in [-0.15, -0.1) is 0 Å². The lowest BCUT2D eigenvalue weighted by Crippen LogP contribution is -2.27. The molecule has 1 aliphatic rings. The molecule has 1 amide bonds. The lowest BCUT2D eigenvalue weighted by molar-refractivity contribution is 0.0948. The van der Waals surface area contributed by atoms with Gasteiger partial charge < -0.3 is 5.32 Å². The number of hydrogen-bond acceptors (Lipinski definition) is 2. The first-order valence-corrected chi connectivity index (χ1v) is 9.44. The van der Waals surface area contributed by atoms with E-state index in [1.807, 2.05) is 10.7 Å². The smallest absolute Gasteiger partial charge is 0.255 e. The highest BCUT2D eigenvalue weighted by Gasteiger charge is 2.31. The van der Waals surface area contributed by atoms with Crippen LogP contribution in [-0.2, 0) is 0 Å². The zero-order valence-corrected chi connectivity index (χ0v) is 16.4. The van der Waals surface area contributed by atoms with E-state index < -0.39 is 0 Å². The van der Waals surface area contributed by atoms with Crippen LogP contribution < -0.4 is 5.32 Å². The third kappa shape index (κ3) is 3.70. The maximum Gasteiger partial charge on any atom is 0.255 e. The standard InChI is InChI=1S/C19H23Cl2N3O/c1-10(2)17-16(19(25)22-12-5-6-12)18(11(3)4)24(23-17)13-7-8-14(20)15(21)9-13/h7-12H,5-6H2,1-4H3,(H,22,25). The molecule has 0 saturated heterocycles. The molecular formula is C19H23Cl2N3O. The summed E-state index contributed by atoms with van der Waals surface area (Å²) < 4.78 is 1.84. The average molecular weight is 380 g/mol. The predicted molar refractivity (Wildman–Crippen MR) is 102 cm³/mol. The molecular weight excluding hydrogens is 357 g/mol. The normalized spacial score (nSPS) is 14.4.